The summed E-state index contributed by atoms with van der Waals surface area (Å²) in [5.41, 5.74) is 16.1. The summed E-state index contributed by atoms with van der Waals surface area (Å²) in [6, 6.07) is 25.9. The molecule has 1 unspecified atom stereocenters. The summed E-state index contributed by atoms with van der Waals surface area (Å²) in [5.74, 6) is 0.295. The molecule has 0 saturated heterocycles. The van der Waals surface area contributed by atoms with E-state index in [0.717, 1.165) is 17.7 Å². The summed E-state index contributed by atoms with van der Waals surface area (Å²) >= 11 is 0. The van der Waals surface area contributed by atoms with Gasteiger partial charge < -0.3 is 16.4 Å². The molecule has 0 bridgehead atoms. The number of carbonyl (C=O) groups excluding carboxylic acids is 1. The van der Waals surface area contributed by atoms with Crippen LogP contribution in [0.4, 0.5) is 18.9 Å². The van der Waals surface area contributed by atoms with Crippen molar-refractivity contribution in [3.05, 3.63) is 137 Å². The smallest absolute Gasteiger partial charge is 0.402 e. The Hall–Kier alpha value is -4.10. The van der Waals surface area contributed by atoms with E-state index in [2.05, 4.69) is 68.6 Å². The average molecular weight is 522 g/mol. The Morgan fingerprint density at radius 1 is 0.974 bits per heavy atom. The molecule has 38 heavy (non-hydrogen) atoms. The third-order valence-corrected chi connectivity index (χ3v) is 5.84. The standard InChI is InChI=1S/C17H19N.C14H15F3N2O/c1-13-7-6-10-16(11-13)17(12-14(2)18)15-8-4-3-5-9-15;1-10(14(15,16)17)6-13(9-20)19(2)12-5-3-4-11(7-12)8-18/h3-11,17H,2,12,18H2,1H3;3-7,9H,1,8,18H2,2H3/b;13-6-. The van der Waals surface area contributed by atoms with E-state index in [1.807, 2.05) is 6.07 Å². The summed E-state index contributed by atoms with van der Waals surface area (Å²) in [4.78, 5) is 12.3. The number of rotatable bonds is 9. The third kappa shape index (κ3) is 9.09. The first kappa shape index (κ1) is 30.1. The number of nitrogens with zero attached hydrogens (tertiary/aromatic N) is 1. The molecule has 0 aliphatic rings. The van der Waals surface area contributed by atoms with Gasteiger partial charge in [0.25, 0.3) is 0 Å². The lowest BCUT2D eigenvalue weighted by Gasteiger charge is -2.20. The van der Waals surface area contributed by atoms with Crippen LogP contribution in [0.3, 0.4) is 0 Å². The first-order valence-corrected chi connectivity index (χ1v) is 12.0. The van der Waals surface area contributed by atoms with Crippen LogP contribution < -0.4 is 16.4 Å². The molecule has 0 saturated carbocycles. The lowest BCUT2D eigenvalue weighted by Crippen LogP contribution is -2.19. The number of allylic oxidation sites excluding steroid dienone is 4. The van der Waals surface area contributed by atoms with Crippen LogP contribution in [0.15, 0.2) is 115 Å². The van der Waals surface area contributed by atoms with Gasteiger partial charge in [-0.1, -0.05) is 85.5 Å². The Kier molecular flexibility index (Phi) is 11.1. The highest BCUT2D eigenvalue weighted by atomic mass is 19.4. The molecule has 0 aliphatic carbocycles. The van der Waals surface area contributed by atoms with E-state index in [9.17, 15) is 18.0 Å². The quantitative estimate of drug-likeness (QED) is 0.185. The van der Waals surface area contributed by atoms with Crippen LogP contribution in [-0.4, -0.2) is 19.5 Å². The number of halogens is 3. The van der Waals surface area contributed by atoms with Crippen molar-refractivity contribution in [2.45, 2.75) is 32.0 Å². The van der Waals surface area contributed by atoms with Gasteiger partial charge in [0.15, 0.2) is 6.29 Å². The van der Waals surface area contributed by atoms with Gasteiger partial charge in [0.1, 0.15) is 0 Å². The van der Waals surface area contributed by atoms with Gasteiger partial charge in [-0.3, -0.25) is 4.79 Å². The van der Waals surface area contributed by atoms with E-state index < -0.39 is 11.7 Å². The molecule has 0 fully saturated rings. The number of carbonyl (C=O) groups is 1. The van der Waals surface area contributed by atoms with Crippen molar-refractivity contribution in [3.8, 4) is 0 Å². The van der Waals surface area contributed by atoms with Crippen molar-refractivity contribution in [3.63, 3.8) is 0 Å². The molecule has 1 atom stereocenters. The van der Waals surface area contributed by atoms with Crippen molar-refractivity contribution < 1.29 is 18.0 Å². The Labute approximate surface area is 222 Å². The van der Waals surface area contributed by atoms with Crippen molar-refractivity contribution in [2.24, 2.45) is 11.5 Å². The van der Waals surface area contributed by atoms with Crippen LogP contribution in [0.5, 0.6) is 0 Å². The summed E-state index contributed by atoms with van der Waals surface area (Å²) < 4.78 is 37.3. The van der Waals surface area contributed by atoms with Crippen molar-refractivity contribution in [1.82, 2.24) is 0 Å². The lowest BCUT2D eigenvalue weighted by molar-refractivity contribution is -0.105. The van der Waals surface area contributed by atoms with Crippen molar-refractivity contribution >= 4 is 12.0 Å². The maximum atomic E-state index is 12.4. The number of alkyl halides is 3. The summed E-state index contributed by atoms with van der Waals surface area (Å²) in [7, 11) is 1.50. The number of hydrogen-bond donors (Lipinski definition) is 2. The average Bonchev–Trinajstić information content (AvgIpc) is 2.90. The fraction of sp³-hybridized carbons (Fsp3) is 0.194. The van der Waals surface area contributed by atoms with Gasteiger partial charge in [0.2, 0.25) is 0 Å². The number of likely N-dealkylation sites (N-methyl/N-ethyl adjacent to an activating group) is 1. The highest BCUT2D eigenvalue weighted by molar-refractivity contribution is 5.81. The molecule has 0 aromatic heterocycles. The molecule has 0 aliphatic heterocycles. The molecule has 0 heterocycles. The van der Waals surface area contributed by atoms with Gasteiger partial charge in [-0.05, 0) is 48.2 Å². The van der Waals surface area contributed by atoms with Gasteiger partial charge in [-0.25, -0.2) is 0 Å². The number of nitrogens with two attached hydrogens (primary N) is 2. The molecule has 3 aromatic rings. The van der Waals surface area contributed by atoms with Crippen LogP contribution in [0.25, 0.3) is 0 Å². The molecular weight excluding hydrogens is 487 g/mol. The highest BCUT2D eigenvalue weighted by Crippen LogP contribution is 2.30. The fourth-order valence-electron chi connectivity index (χ4n) is 3.77. The molecule has 4 N–H and O–H groups in total. The van der Waals surface area contributed by atoms with E-state index in [4.69, 9.17) is 11.5 Å². The predicted molar refractivity (Wildman–Crippen MR) is 149 cm³/mol. The topological polar surface area (TPSA) is 72.3 Å². The second-order valence-corrected chi connectivity index (χ2v) is 8.88. The predicted octanol–water partition coefficient (Wildman–Crippen LogP) is 6.77. The Morgan fingerprint density at radius 3 is 2.16 bits per heavy atom. The largest absolute Gasteiger partial charge is 0.415 e. The van der Waals surface area contributed by atoms with Crippen LogP contribution in [0.1, 0.15) is 34.6 Å². The summed E-state index contributed by atoms with van der Waals surface area (Å²) in [5, 5.41) is 0. The lowest BCUT2D eigenvalue weighted by atomic mass is 9.87. The van der Waals surface area contributed by atoms with E-state index in [1.165, 1.54) is 28.6 Å². The van der Waals surface area contributed by atoms with Gasteiger partial charge in [-0.2, -0.15) is 13.2 Å². The minimum atomic E-state index is -4.56. The normalized spacial score (nSPS) is 12.1. The van der Waals surface area contributed by atoms with Crippen LogP contribution in [0, 0.1) is 6.92 Å². The van der Waals surface area contributed by atoms with Crippen LogP contribution >= 0.6 is 0 Å². The SMILES string of the molecule is C=C(/C=C(/C=O)N(C)c1cccc(CN)c1)C(F)(F)F.C=C(N)CC(c1ccccc1)c1cccc(C)c1. The highest BCUT2D eigenvalue weighted by Gasteiger charge is 2.31. The second-order valence-electron chi connectivity index (χ2n) is 8.88. The maximum absolute atomic E-state index is 12.4. The molecule has 0 radical (unpaired) electrons. The number of anilines is 1. The van der Waals surface area contributed by atoms with Gasteiger partial charge >= 0.3 is 6.18 Å². The number of hydrogen-bond acceptors (Lipinski definition) is 4. The molecule has 7 heteroatoms. The molecule has 0 spiro atoms. The zero-order valence-corrected chi connectivity index (χ0v) is 21.7. The van der Waals surface area contributed by atoms with E-state index in [0.29, 0.717) is 30.5 Å². The van der Waals surface area contributed by atoms with Crippen molar-refractivity contribution in [1.29, 1.82) is 0 Å². The minimum absolute atomic E-state index is 0.138. The second kappa shape index (κ2) is 14.0. The van der Waals surface area contributed by atoms with Gasteiger partial charge in [-0.15, -0.1) is 0 Å². The summed E-state index contributed by atoms with van der Waals surface area (Å²) in [6.07, 6.45) is -2.71. The molecule has 4 nitrogen and oxygen atoms in total. The first-order valence-electron chi connectivity index (χ1n) is 12.0. The van der Waals surface area contributed by atoms with Crippen molar-refractivity contribution in [2.75, 3.05) is 11.9 Å². The zero-order chi connectivity index (χ0) is 28.3. The Morgan fingerprint density at radius 2 is 1.61 bits per heavy atom. The minimum Gasteiger partial charge on any atom is -0.402 e. The number of aldehydes is 1. The van der Waals surface area contributed by atoms with E-state index in [1.54, 1.807) is 24.3 Å². The van der Waals surface area contributed by atoms with Gasteiger partial charge in [0.05, 0.1) is 11.3 Å². The molecule has 0 amide bonds. The Bertz CT molecular complexity index is 1270. The zero-order valence-electron chi connectivity index (χ0n) is 21.7. The van der Waals surface area contributed by atoms with E-state index in [-0.39, 0.29) is 5.70 Å². The summed E-state index contributed by atoms with van der Waals surface area (Å²) in [6.45, 7) is 9.18. The third-order valence-electron chi connectivity index (χ3n) is 5.84. The molecular formula is C31H34F3N3O. The molecule has 3 aromatic carbocycles. The fourth-order valence-corrected chi connectivity index (χ4v) is 3.77. The first-order chi connectivity index (χ1) is 18.0. The van der Waals surface area contributed by atoms with Crippen LogP contribution in [-0.2, 0) is 11.3 Å². The molecule has 3 rings (SSSR count). The van der Waals surface area contributed by atoms with Gasteiger partial charge in [0, 0.05) is 30.9 Å². The Balaban J connectivity index is 0.000000268. The number of aryl methyl sites for hydroxylation is 1. The van der Waals surface area contributed by atoms with E-state index >= 15 is 0 Å². The van der Waals surface area contributed by atoms with Crippen LogP contribution in [0.2, 0.25) is 0 Å². The monoisotopic (exact) mass is 521 g/mol. The molecule has 200 valence electrons. The number of benzene rings is 3. The maximum Gasteiger partial charge on any atom is 0.415 e.